The number of methoxy groups -OCH3 is 1. The van der Waals surface area contributed by atoms with Crippen LogP contribution in [0, 0.1) is 11.3 Å². The molecule has 0 unspecified atom stereocenters. The van der Waals surface area contributed by atoms with Gasteiger partial charge < -0.3 is 4.74 Å². The van der Waals surface area contributed by atoms with Crippen LogP contribution in [0.5, 0.6) is 0 Å². The van der Waals surface area contributed by atoms with Crippen LogP contribution in [-0.4, -0.2) is 13.1 Å². The lowest BCUT2D eigenvalue weighted by Crippen LogP contribution is -1.96. The third-order valence-electron chi connectivity index (χ3n) is 1.17. The number of rotatable bonds is 1. The number of carbonyl (C=O) groups is 1. The largest absolute Gasteiger partial charge is 0.465 e. The SMILES string of the molecule is COC(=O)c1cc(Br)c(C#N)s1. The normalized spacial score (nSPS) is 9.08. The van der Waals surface area contributed by atoms with Crippen LogP contribution in [0.1, 0.15) is 14.5 Å². The van der Waals surface area contributed by atoms with E-state index < -0.39 is 5.97 Å². The van der Waals surface area contributed by atoms with Crippen LogP contribution in [0.2, 0.25) is 0 Å². The Morgan fingerprint density at radius 1 is 1.83 bits per heavy atom. The minimum atomic E-state index is -0.415. The van der Waals surface area contributed by atoms with E-state index in [0.29, 0.717) is 14.2 Å². The molecule has 0 saturated carbocycles. The standard InChI is InChI=1S/C7H4BrNO2S/c1-11-7(10)5-2-4(8)6(3-9)12-5/h2H,1H3. The quantitative estimate of drug-likeness (QED) is 0.713. The Labute approximate surface area is 81.7 Å². The van der Waals surface area contributed by atoms with Gasteiger partial charge in [0.05, 0.1) is 7.11 Å². The van der Waals surface area contributed by atoms with Gasteiger partial charge in [-0.3, -0.25) is 0 Å². The molecule has 0 N–H and O–H groups in total. The number of halogens is 1. The van der Waals surface area contributed by atoms with Crippen molar-refractivity contribution in [3.05, 3.63) is 20.3 Å². The summed E-state index contributed by atoms with van der Waals surface area (Å²) in [5.74, 6) is -0.415. The van der Waals surface area contributed by atoms with Crippen LogP contribution in [0.15, 0.2) is 10.5 Å². The molecule has 0 aliphatic rings. The molecule has 0 spiro atoms. The van der Waals surface area contributed by atoms with Crippen molar-refractivity contribution in [1.82, 2.24) is 0 Å². The van der Waals surface area contributed by atoms with E-state index in [-0.39, 0.29) is 0 Å². The van der Waals surface area contributed by atoms with E-state index >= 15 is 0 Å². The highest BCUT2D eigenvalue weighted by molar-refractivity contribution is 9.10. The van der Waals surface area contributed by atoms with Gasteiger partial charge in [0.2, 0.25) is 0 Å². The van der Waals surface area contributed by atoms with Crippen LogP contribution in [0.3, 0.4) is 0 Å². The summed E-state index contributed by atoms with van der Waals surface area (Å²) in [6, 6.07) is 3.54. The van der Waals surface area contributed by atoms with Gasteiger partial charge in [0.15, 0.2) is 0 Å². The first-order chi connectivity index (χ1) is 5.69. The minimum absolute atomic E-state index is 0.415. The summed E-state index contributed by atoms with van der Waals surface area (Å²) < 4.78 is 5.12. The molecule has 0 aliphatic heterocycles. The Kier molecular flexibility index (Phi) is 2.84. The number of esters is 1. The fourth-order valence-electron chi connectivity index (χ4n) is 0.646. The van der Waals surface area contributed by atoms with Gasteiger partial charge in [-0.2, -0.15) is 5.26 Å². The first-order valence-electron chi connectivity index (χ1n) is 2.96. The summed E-state index contributed by atoms with van der Waals surface area (Å²) in [6.07, 6.45) is 0. The highest BCUT2D eigenvalue weighted by atomic mass is 79.9. The molecule has 0 aliphatic carbocycles. The maximum atomic E-state index is 11.0. The summed E-state index contributed by atoms with van der Waals surface area (Å²) >= 11 is 4.26. The highest BCUT2D eigenvalue weighted by Gasteiger charge is 2.12. The molecular weight excluding hydrogens is 242 g/mol. The molecule has 5 heteroatoms. The Morgan fingerprint density at radius 3 is 2.92 bits per heavy atom. The van der Waals surface area contributed by atoms with Gasteiger partial charge in [0.1, 0.15) is 15.8 Å². The lowest BCUT2D eigenvalue weighted by atomic mass is 10.4. The zero-order valence-corrected chi connectivity index (χ0v) is 8.53. The zero-order chi connectivity index (χ0) is 9.14. The molecule has 1 aromatic heterocycles. The number of hydrogen-bond acceptors (Lipinski definition) is 4. The third-order valence-corrected chi connectivity index (χ3v) is 3.08. The number of ether oxygens (including phenoxy) is 1. The predicted molar refractivity (Wildman–Crippen MR) is 48.1 cm³/mol. The van der Waals surface area contributed by atoms with Crippen molar-refractivity contribution in [2.45, 2.75) is 0 Å². The van der Waals surface area contributed by atoms with Crippen molar-refractivity contribution in [1.29, 1.82) is 5.26 Å². The van der Waals surface area contributed by atoms with Crippen LogP contribution in [0.4, 0.5) is 0 Å². The van der Waals surface area contributed by atoms with Gasteiger partial charge in [-0.15, -0.1) is 11.3 Å². The first-order valence-corrected chi connectivity index (χ1v) is 4.57. The second kappa shape index (κ2) is 3.70. The molecule has 1 aromatic rings. The second-order valence-electron chi connectivity index (χ2n) is 1.89. The summed E-state index contributed by atoms with van der Waals surface area (Å²) in [5, 5.41) is 8.56. The van der Waals surface area contributed by atoms with Crippen LogP contribution < -0.4 is 0 Å². The maximum Gasteiger partial charge on any atom is 0.348 e. The Balaban J connectivity index is 3.07. The summed E-state index contributed by atoms with van der Waals surface area (Å²) in [7, 11) is 1.31. The van der Waals surface area contributed by atoms with Gasteiger partial charge in [-0.1, -0.05) is 0 Å². The van der Waals surface area contributed by atoms with E-state index in [1.54, 1.807) is 6.07 Å². The van der Waals surface area contributed by atoms with E-state index in [1.165, 1.54) is 7.11 Å². The van der Waals surface area contributed by atoms with E-state index in [1.807, 2.05) is 6.07 Å². The van der Waals surface area contributed by atoms with E-state index in [4.69, 9.17) is 5.26 Å². The van der Waals surface area contributed by atoms with Gasteiger partial charge in [-0.25, -0.2) is 4.79 Å². The summed E-state index contributed by atoms with van der Waals surface area (Å²) in [6.45, 7) is 0. The fourth-order valence-corrected chi connectivity index (χ4v) is 2.12. The summed E-state index contributed by atoms with van der Waals surface area (Å²) in [5.41, 5.74) is 0. The van der Waals surface area contributed by atoms with Crippen LogP contribution in [0.25, 0.3) is 0 Å². The van der Waals surface area contributed by atoms with E-state index in [0.717, 1.165) is 11.3 Å². The first kappa shape index (κ1) is 9.23. The molecule has 0 fully saturated rings. The minimum Gasteiger partial charge on any atom is -0.465 e. The molecule has 0 aromatic carbocycles. The van der Waals surface area contributed by atoms with Crippen molar-refractivity contribution in [3.8, 4) is 6.07 Å². The summed E-state index contributed by atoms with van der Waals surface area (Å²) in [4.78, 5) is 11.9. The smallest absolute Gasteiger partial charge is 0.348 e. The molecule has 0 atom stereocenters. The average molecular weight is 246 g/mol. The number of carbonyl (C=O) groups excluding carboxylic acids is 1. The van der Waals surface area contributed by atoms with E-state index in [9.17, 15) is 4.79 Å². The molecule has 0 bridgehead atoms. The number of hydrogen-bond donors (Lipinski definition) is 0. The molecule has 1 rings (SSSR count). The van der Waals surface area contributed by atoms with Crippen molar-refractivity contribution < 1.29 is 9.53 Å². The molecule has 3 nitrogen and oxygen atoms in total. The lowest BCUT2D eigenvalue weighted by Gasteiger charge is -1.90. The van der Waals surface area contributed by atoms with Crippen LogP contribution >= 0.6 is 27.3 Å². The Morgan fingerprint density at radius 2 is 2.50 bits per heavy atom. The molecule has 1 heterocycles. The molecule has 0 amide bonds. The highest BCUT2D eigenvalue weighted by Crippen LogP contribution is 2.26. The van der Waals surface area contributed by atoms with Crippen molar-refractivity contribution in [3.63, 3.8) is 0 Å². The second-order valence-corrected chi connectivity index (χ2v) is 3.80. The number of nitriles is 1. The van der Waals surface area contributed by atoms with Crippen molar-refractivity contribution in [2.24, 2.45) is 0 Å². The molecular formula is C7H4BrNO2S. The maximum absolute atomic E-state index is 11.0. The average Bonchev–Trinajstić information content (AvgIpc) is 2.45. The van der Waals surface area contributed by atoms with Crippen LogP contribution in [-0.2, 0) is 4.74 Å². The number of nitrogens with zero attached hydrogens (tertiary/aromatic N) is 1. The molecule has 0 saturated heterocycles. The third kappa shape index (κ3) is 1.65. The Bertz CT molecular complexity index is 353. The van der Waals surface area contributed by atoms with Gasteiger partial charge in [0, 0.05) is 4.47 Å². The van der Waals surface area contributed by atoms with Gasteiger partial charge in [-0.05, 0) is 22.0 Å². The topological polar surface area (TPSA) is 50.1 Å². The van der Waals surface area contributed by atoms with Crippen molar-refractivity contribution in [2.75, 3.05) is 7.11 Å². The lowest BCUT2D eigenvalue weighted by molar-refractivity contribution is 0.0606. The van der Waals surface area contributed by atoms with Crippen molar-refractivity contribution >= 4 is 33.2 Å². The zero-order valence-electron chi connectivity index (χ0n) is 6.13. The molecule has 12 heavy (non-hydrogen) atoms. The van der Waals surface area contributed by atoms with Gasteiger partial charge in [0.25, 0.3) is 0 Å². The fraction of sp³-hybridized carbons (Fsp3) is 0.143. The predicted octanol–water partition coefficient (Wildman–Crippen LogP) is 2.17. The number of thiophene rings is 1. The monoisotopic (exact) mass is 245 g/mol. The Hall–Kier alpha value is -0.860. The molecule has 0 radical (unpaired) electrons. The van der Waals surface area contributed by atoms with E-state index in [2.05, 4.69) is 20.7 Å². The molecule has 62 valence electrons. The van der Waals surface area contributed by atoms with Gasteiger partial charge >= 0.3 is 5.97 Å².